The molecule has 0 spiro atoms. The van der Waals surface area contributed by atoms with Crippen molar-refractivity contribution >= 4 is 10.9 Å². The third-order valence-electron chi connectivity index (χ3n) is 6.05. The number of nitrogens with zero attached hydrogens (tertiary/aromatic N) is 3. The summed E-state index contributed by atoms with van der Waals surface area (Å²) < 4.78 is 13.7. The predicted molar refractivity (Wildman–Crippen MR) is 141 cm³/mol. The van der Waals surface area contributed by atoms with Gasteiger partial charge in [0.05, 0.1) is 35.8 Å². The molecule has 4 rings (SSSR count). The maximum Gasteiger partial charge on any atom is 0.189 e. The molecule has 1 atom stereocenters. The highest BCUT2D eigenvalue weighted by Crippen LogP contribution is 2.31. The Morgan fingerprint density at radius 1 is 1.00 bits per heavy atom. The molecule has 0 bridgehead atoms. The highest BCUT2D eigenvalue weighted by atomic mass is 16.6. The number of hydrogen-bond donors (Lipinski definition) is 2. The van der Waals surface area contributed by atoms with E-state index in [0.717, 1.165) is 33.6 Å². The smallest absolute Gasteiger partial charge is 0.189 e. The minimum absolute atomic E-state index is 0.0424. The Morgan fingerprint density at radius 3 is 2.50 bits per heavy atom. The predicted octanol–water partition coefficient (Wildman–Crippen LogP) is 5.51. The monoisotopic (exact) mass is 489 g/mol. The molecular formula is C29H35N3O4. The first-order valence-electron chi connectivity index (χ1n) is 12.3. The summed E-state index contributed by atoms with van der Waals surface area (Å²) in [4.78, 5) is 4.61. The van der Waals surface area contributed by atoms with E-state index in [1.165, 1.54) is 0 Å². The number of rotatable bonds is 9. The number of fused-ring (bicyclic) bond motifs is 1. The fraction of sp³-hybridized carbons (Fsp3) is 0.379. The van der Waals surface area contributed by atoms with Crippen LogP contribution >= 0.6 is 0 Å². The Morgan fingerprint density at radius 2 is 1.75 bits per heavy atom. The lowest BCUT2D eigenvalue weighted by molar-refractivity contribution is -0.237. The zero-order chi connectivity index (χ0) is 25.9. The van der Waals surface area contributed by atoms with Crippen molar-refractivity contribution in [2.24, 2.45) is 5.41 Å². The Kier molecular flexibility index (Phi) is 7.45. The van der Waals surface area contributed by atoms with Crippen LogP contribution in [0.15, 0.2) is 66.9 Å². The number of benzene rings is 2. The molecule has 2 aromatic heterocycles. The first-order chi connectivity index (χ1) is 17.1. The maximum atomic E-state index is 10.1. The van der Waals surface area contributed by atoms with Gasteiger partial charge >= 0.3 is 0 Å². The van der Waals surface area contributed by atoms with Gasteiger partial charge in [-0.1, -0.05) is 58.0 Å². The van der Waals surface area contributed by atoms with E-state index in [-0.39, 0.29) is 18.4 Å². The standard InChI is InChI=1S/C29H35N3O4/c1-6-29(33,34)20(2)35-18-23-17-26(22-11-7-13-24(16-22)36-19-28(3,4)5)32(31-23)25-14-8-10-21-12-9-15-30-27(21)25/h7-17,20,33-34H,6,18-19H2,1-5H3. The molecule has 0 aliphatic carbocycles. The SMILES string of the molecule is CCC(O)(O)C(C)OCc1cc(-c2cccc(OCC(C)(C)C)c2)n(-c2cccc3cccnc23)n1. The van der Waals surface area contributed by atoms with Gasteiger partial charge in [0.25, 0.3) is 0 Å². The Balaban J connectivity index is 1.75. The van der Waals surface area contributed by atoms with E-state index in [0.29, 0.717) is 12.3 Å². The van der Waals surface area contributed by atoms with Gasteiger partial charge in [0, 0.05) is 23.6 Å². The zero-order valence-electron chi connectivity index (χ0n) is 21.6. The third kappa shape index (κ3) is 5.93. The van der Waals surface area contributed by atoms with E-state index >= 15 is 0 Å². The molecule has 0 amide bonds. The summed E-state index contributed by atoms with van der Waals surface area (Å²) in [5, 5.41) is 26.1. The molecule has 1 unspecified atom stereocenters. The van der Waals surface area contributed by atoms with Crippen molar-refractivity contribution in [2.75, 3.05) is 6.61 Å². The minimum Gasteiger partial charge on any atom is -0.493 e. The molecule has 2 heterocycles. The lowest BCUT2D eigenvalue weighted by Gasteiger charge is -2.26. The Bertz CT molecular complexity index is 1320. The van der Waals surface area contributed by atoms with E-state index < -0.39 is 11.9 Å². The topological polar surface area (TPSA) is 89.6 Å². The van der Waals surface area contributed by atoms with Crippen molar-refractivity contribution in [1.82, 2.24) is 14.8 Å². The van der Waals surface area contributed by atoms with Gasteiger partial charge in [-0.15, -0.1) is 0 Å². The van der Waals surface area contributed by atoms with Crippen LogP contribution in [0.25, 0.3) is 27.8 Å². The maximum absolute atomic E-state index is 10.1. The van der Waals surface area contributed by atoms with Gasteiger partial charge in [-0.3, -0.25) is 4.98 Å². The van der Waals surface area contributed by atoms with Crippen LogP contribution in [0, 0.1) is 5.41 Å². The molecule has 190 valence electrons. The molecule has 4 aromatic rings. The van der Waals surface area contributed by atoms with Crippen LogP contribution in [0.5, 0.6) is 5.75 Å². The number of aliphatic hydroxyl groups is 2. The molecule has 7 heteroatoms. The number of ether oxygens (including phenoxy) is 2. The fourth-order valence-electron chi connectivity index (χ4n) is 3.83. The number of pyridine rings is 1. The van der Waals surface area contributed by atoms with Crippen LogP contribution in [-0.4, -0.2) is 43.5 Å². The van der Waals surface area contributed by atoms with Gasteiger partial charge in [-0.25, -0.2) is 4.68 Å². The Labute approximate surface area is 212 Å². The van der Waals surface area contributed by atoms with Crippen molar-refractivity contribution in [2.45, 2.75) is 59.5 Å². The Hall–Kier alpha value is -3.26. The molecule has 2 aromatic carbocycles. The van der Waals surface area contributed by atoms with E-state index in [1.807, 2.05) is 65.3 Å². The van der Waals surface area contributed by atoms with E-state index in [2.05, 4.69) is 25.8 Å². The lowest BCUT2D eigenvalue weighted by atomic mass is 9.99. The second kappa shape index (κ2) is 10.4. The van der Waals surface area contributed by atoms with Crippen LogP contribution in [0.3, 0.4) is 0 Å². The van der Waals surface area contributed by atoms with Crippen molar-refractivity contribution in [3.8, 4) is 22.7 Å². The van der Waals surface area contributed by atoms with Gasteiger partial charge in [0.15, 0.2) is 5.79 Å². The van der Waals surface area contributed by atoms with Gasteiger partial charge in [0.1, 0.15) is 11.9 Å². The van der Waals surface area contributed by atoms with Crippen LogP contribution in [0.1, 0.15) is 46.7 Å². The molecule has 2 N–H and O–H groups in total. The summed E-state index contributed by atoms with van der Waals surface area (Å²) in [7, 11) is 0. The summed E-state index contributed by atoms with van der Waals surface area (Å²) in [6.45, 7) is 10.5. The van der Waals surface area contributed by atoms with Crippen LogP contribution in [0.2, 0.25) is 0 Å². The largest absolute Gasteiger partial charge is 0.493 e. The molecule has 36 heavy (non-hydrogen) atoms. The number of hydrogen-bond acceptors (Lipinski definition) is 6. The quantitative estimate of drug-likeness (QED) is 0.302. The van der Waals surface area contributed by atoms with Gasteiger partial charge in [0.2, 0.25) is 0 Å². The molecule has 0 radical (unpaired) electrons. The van der Waals surface area contributed by atoms with Crippen molar-refractivity contribution in [3.05, 3.63) is 72.6 Å². The van der Waals surface area contributed by atoms with Gasteiger partial charge in [-0.2, -0.15) is 5.10 Å². The van der Waals surface area contributed by atoms with Crippen molar-refractivity contribution in [3.63, 3.8) is 0 Å². The lowest BCUT2D eigenvalue weighted by Crippen LogP contribution is -2.41. The van der Waals surface area contributed by atoms with Crippen molar-refractivity contribution in [1.29, 1.82) is 0 Å². The van der Waals surface area contributed by atoms with Gasteiger partial charge in [-0.05, 0) is 42.7 Å². The summed E-state index contributed by atoms with van der Waals surface area (Å²) >= 11 is 0. The molecule has 7 nitrogen and oxygen atoms in total. The summed E-state index contributed by atoms with van der Waals surface area (Å²) in [6, 6.07) is 19.8. The molecule has 0 aliphatic heterocycles. The average Bonchev–Trinajstić information content (AvgIpc) is 3.29. The molecule has 0 saturated heterocycles. The number of aromatic nitrogens is 3. The first kappa shape index (κ1) is 25.8. The highest BCUT2D eigenvalue weighted by molar-refractivity contribution is 5.87. The normalized spacial score (nSPS) is 13.2. The molecule has 0 aliphatic rings. The third-order valence-corrected chi connectivity index (χ3v) is 6.05. The van der Waals surface area contributed by atoms with E-state index in [9.17, 15) is 10.2 Å². The van der Waals surface area contributed by atoms with E-state index in [4.69, 9.17) is 14.6 Å². The number of para-hydroxylation sites is 1. The minimum atomic E-state index is -1.90. The zero-order valence-corrected chi connectivity index (χ0v) is 21.6. The second-order valence-corrected chi connectivity index (χ2v) is 10.3. The molecule has 0 saturated carbocycles. The van der Waals surface area contributed by atoms with Crippen molar-refractivity contribution < 1.29 is 19.7 Å². The van der Waals surface area contributed by atoms with Crippen LogP contribution in [0.4, 0.5) is 0 Å². The summed E-state index contributed by atoms with van der Waals surface area (Å²) in [6.07, 6.45) is 1.16. The average molecular weight is 490 g/mol. The summed E-state index contributed by atoms with van der Waals surface area (Å²) in [5.74, 6) is -1.12. The highest BCUT2D eigenvalue weighted by Gasteiger charge is 2.30. The van der Waals surface area contributed by atoms with E-state index in [1.54, 1.807) is 20.0 Å². The molecular weight excluding hydrogens is 454 g/mol. The fourth-order valence-corrected chi connectivity index (χ4v) is 3.83. The second-order valence-electron chi connectivity index (χ2n) is 10.3. The summed E-state index contributed by atoms with van der Waals surface area (Å²) in [5.41, 5.74) is 4.18. The van der Waals surface area contributed by atoms with Crippen LogP contribution in [-0.2, 0) is 11.3 Å². The molecule has 0 fully saturated rings. The van der Waals surface area contributed by atoms with Crippen LogP contribution < -0.4 is 4.74 Å². The van der Waals surface area contributed by atoms with Gasteiger partial charge < -0.3 is 19.7 Å². The first-order valence-corrected chi connectivity index (χ1v) is 12.3.